The van der Waals surface area contributed by atoms with Gasteiger partial charge in [0.05, 0.1) is 5.71 Å². The van der Waals surface area contributed by atoms with Crippen molar-refractivity contribution >= 4 is 11.7 Å². The van der Waals surface area contributed by atoms with Crippen LogP contribution in [0.2, 0.25) is 0 Å². The second-order valence-electron chi connectivity index (χ2n) is 6.49. The fourth-order valence-corrected chi connectivity index (χ4v) is 3.52. The number of hydrogen-bond donors (Lipinski definition) is 0. The van der Waals surface area contributed by atoms with E-state index in [1.807, 2.05) is 43.3 Å². The van der Waals surface area contributed by atoms with Crippen LogP contribution in [0.4, 0.5) is 0 Å². The molecule has 23 heavy (non-hydrogen) atoms. The third-order valence-corrected chi connectivity index (χ3v) is 4.80. The molecule has 0 aromatic heterocycles. The minimum absolute atomic E-state index is 0.209. The van der Waals surface area contributed by atoms with Crippen molar-refractivity contribution in [1.29, 1.82) is 0 Å². The number of fused-ring (bicyclic) bond motifs is 3. The normalized spacial score (nSPS) is 25.9. The summed E-state index contributed by atoms with van der Waals surface area (Å²) in [4.78, 5) is 17.3. The molecule has 0 fully saturated rings. The number of carbonyl (C=O) groups is 1. The molecule has 3 heteroatoms. The van der Waals surface area contributed by atoms with Crippen molar-refractivity contribution in [2.45, 2.75) is 37.8 Å². The van der Waals surface area contributed by atoms with Crippen LogP contribution in [0.3, 0.4) is 0 Å². The third kappa shape index (κ3) is 2.46. The summed E-state index contributed by atoms with van der Waals surface area (Å²) < 4.78 is 5.85. The summed E-state index contributed by atoms with van der Waals surface area (Å²) in [6.07, 6.45) is 2.30. The Kier molecular flexibility index (Phi) is 3.29. The van der Waals surface area contributed by atoms with Gasteiger partial charge in [0.15, 0.2) is 11.6 Å². The minimum atomic E-state index is -0.585. The molecule has 0 saturated heterocycles. The lowest BCUT2D eigenvalue weighted by atomic mass is 9.78. The van der Waals surface area contributed by atoms with Gasteiger partial charge < -0.3 is 4.74 Å². The van der Waals surface area contributed by atoms with E-state index in [9.17, 15) is 4.79 Å². The van der Waals surface area contributed by atoms with Crippen LogP contribution in [0.15, 0.2) is 59.6 Å². The predicted molar refractivity (Wildman–Crippen MR) is 89.7 cm³/mol. The van der Waals surface area contributed by atoms with Gasteiger partial charge in [-0.3, -0.25) is 4.99 Å². The van der Waals surface area contributed by atoms with Gasteiger partial charge in [0.1, 0.15) is 0 Å². The van der Waals surface area contributed by atoms with E-state index in [0.717, 1.165) is 29.7 Å². The average Bonchev–Trinajstić information content (AvgIpc) is 2.57. The predicted octanol–water partition coefficient (Wildman–Crippen LogP) is 3.35. The molecule has 0 radical (unpaired) electrons. The van der Waals surface area contributed by atoms with Crippen molar-refractivity contribution in [3.8, 4) is 0 Å². The molecule has 1 aliphatic heterocycles. The van der Waals surface area contributed by atoms with Crippen LogP contribution in [-0.2, 0) is 22.4 Å². The molecule has 0 amide bonds. The maximum Gasteiger partial charge on any atom is 0.332 e. The first kappa shape index (κ1) is 14.2. The highest BCUT2D eigenvalue weighted by molar-refractivity contribution is 6.11. The Morgan fingerprint density at radius 2 is 1.87 bits per heavy atom. The van der Waals surface area contributed by atoms with Crippen LogP contribution in [0.25, 0.3) is 0 Å². The van der Waals surface area contributed by atoms with Gasteiger partial charge in [-0.05, 0) is 30.9 Å². The molecule has 0 saturated carbocycles. The summed E-state index contributed by atoms with van der Waals surface area (Å²) in [5, 5.41) is 0. The standard InChI is InChI=1S/C20H19NO2/c1-20-12-11-15-9-5-6-10-16(15)18(20)21-17(19(22)23-20)13-14-7-3-2-4-8-14/h2-10,17H,11-13H2,1H3/t17-,20-/m1/s1. The zero-order chi connectivity index (χ0) is 15.9. The van der Waals surface area contributed by atoms with Crippen molar-refractivity contribution in [2.75, 3.05) is 0 Å². The van der Waals surface area contributed by atoms with Crippen molar-refractivity contribution in [1.82, 2.24) is 0 Å². The summed E-state index contributed by atoms with van der Waals surface area (Å²) >= 11 is 0. The van der Waals surface area contributed by atoms with Crippen LogP contribution >= 0.6 is 0 Å². The van der Waals surface area contributed by atoms with Gasteiger partial charge in [0, 0.05) is 12.0 Å². The zero-order valence-corrected chi connectivity index (χ0v) is 13.2. The van der Waals surface area contributed by atoms with E-state index in [4.69, 9.17) is 9.73 Å². The first-order valence-corrected chi connectivity index (χ1v) is 8.09. The van der Waals surface area contributed by atoms with E-state index >= 15 is 0 Å². The van der Waals surface area contributed by atoms with Crippen LogP contribution < -0.4 is 0 Å². The third-order valence-electron chi connectivity index (χ3n) is 4.80. The molecule has 116 valence electrons. The number of hydrogen-bond acceptors (Lipinski definition) is 3. The highest BCUT2D eigenvalue weighted by atomic mass is 16.6. The molecule has 1 aliphatic carbocycles. The molecule has 1 heterocycles. The summed E-state index contributed by atoms with van der Waals surface area (Å²) in [6, 6.07) is 17.8. The van der Waals surface area contributed by atoms with E-state index in [-0.39, 0.29) is 5.97 Å². The summed E-state index contributed by atoms with van der Waals surface area (Å²) in [5.74, 6) is -0.209. The van der Waals surface area contributed by atoms with Crippen molar-refractivity contribution in [3.05, 3.63) is 71.3 Å². The Morgan fingerprint density at radius 3 is 2.70 bits per heavy atom. The highest BCUT2D eigenvalue weighted by Crippen LogP contribution is 2.35. The van der Waals surface area contributed by atoms with E-state index < -0.39 is 11.6 Å². The Morgan fingerprint density at radius 1 is 1.13 bits per heavy atom. The van der Waals surface area contributed by atoms with Gasteiger partial charge in [-0.2, -0.15) is 0 Å². The summed E-state index contributed by atoms with van der Waals surface area (Å²) in [5.41, 5.74) is 3.87. The van der Waals surface area contributed by atoms with Crippen molar-refractivity contribution in [3.63, 3.8) is 0 Å². The smallest absolute Gasteiger partial charge is 0.332 e. The monoisotopic (exact) mass is 305 g/mol. The van der Waals surface area contributed by atoms with Gasteiger partial charge >= 0.3 is 5.97 Å². The highest BCUT2D eigenvalue weighted by Gasteiger charge is 2.45. The molecule has 0 bridgehead atoms. The molecule has 3 nitrogen and oxygen atoms in total. The first-order chi connectivity index (χ1) is 11.2. The summed E-state index contributed by atoms with van der Waals surface area (Å²) in [7, 11) is 0. The number of ether oxygens (including phenoxy) is 1. The van der Waals surface area contributed by atoms with E-state index in [0.29, 0.717) is 6.42 Å². The SMILES string of the molecule is C[C@@]12CCc3ccccc3C1=N[C@H](Cc1ccccc1)C(=O)O2. The Bertz CT molecular complexity index is 781. The lowest BCUT2D eigenvalue weighted by Gasteiger charge is -2.40. The molecule has 0 N–H and O–H groups in total. The molecular weight excluding hydrogens is 286 g/mol. The molecule has 4 rings (SSSR count). The first-order valence-electron chi connectivity index (χ1n) is 8.09. The Balaban J connectivity index is 1.74. The second-order valence-corrected chi connectivity index (χ2v) is 6.49. The molecule has 0 unspecified atom stereocenters. The van der Waals surface area contributed by atoms with E-state index in [2.05, 4.69) is 18.2 Å². The fourth-order valence-electron chi connectivity index (χ4n) is 3.52. The summed E-state index contributed by atoms with van der Waals surface area (Å²) in [6.45, 7) is 1.98. The second kappa shape index (κ2) is 5.34. The number of aliphatic imine (C=N–C) groups is 1. The quantitative estimate of drug-likeness (QED) is 0.798. The van der Waals surface area contributed by atoms with Crippen molar-refractivity contribution < 1.29 is 9.53 Å². The van der Waals surface area contributed by atoms with Gasteiger partial charge in [-0.25, -0.2) is 4.79 Å². The van der Waals surface area contributed by atoms with Gasteiger partial charge in [-0.1, -0.05) is 54.6 Å². The van der Waals surface area contributed by atoms with E-state index in [1.165, 1.54) is 5.56 Å². The molecule has 2 aromatic rings. The van der Waals surface area contributed by atoms with Crippen LogP contribution in [0.1, 0.15) is 30.0 Å². The van der Waals surface area contributed by atoms with Gasteiger partial charge in [0.25, 0.3) is 0 Å². The molecule has 2 aromatic carbocycles. The Hall–Kier alpha value is -2.42. The maximum atomic E-state index is 12.4. The van der Waals surface area contributed by atoms with Crippen molar-refractivity contribution in [2.24, 2.45) is 4.99 Å². The number of esters is 1. The average molecular weight is 305 g/mol. The number of rotatable bonds is 2. The zero-order valence-electron chi connectivity index (χ0n) is 13.2. The van der Waals surface area contributed by atoms with Crippen LogP contribution in [0.5, 0.6) is 0 Å². The lowest BCUT2D eigenvalue weighted by Crippen LogP contribution is -2.51. The number of nitrogens with zero attached hydrogens (tertiary/aromatic N) is 1. The fraction of sp³-hybridized carbons (Fsp3) is 0.300. The lowest BCUT2D eigenvalue weighted by molar-refractivity contribution is -0.156. The van der Waals surface area contributed by atoms with Gasteiger partial charge in [0.2, 0.25) is 0 Å². The van der Waals surface area contributed by atoms with Crippen LogP contribution in [0, 0.1) is 0 Å². The number of aryl methyl sites for hydroxylation is 1. The topological polar surface area (TPSA) is 38.7 Å². The number of carbonyl (C=O) groups excluding carboxylic acids is 1. The molecule has 0 spiro atoms. The van der Waals surface area contributed by atoms with Crippen LogP contribution in [-0.4, -0.2) is 23.3 Å². The Labute approximate surface area is 136 Å². The largest absolute Gasteiger partial charge is 0.451 e. The molecular formula is C20H19NO2. The molecule has 2 atom stereocenters. The number of benzene rings is 2. The van der Waals surface area contributed by atoms with Gasteiger partial charge in [-0.15, -0.1) is 0 Å². The maximum absolute atomic E-state index is 12.4. The van der Waals surface area contributed by atoms with E-state index in [1.54, 1.807) is 0 Å². The minimum Gasteiger partial charge on any atom is -0.451 e. The molecule has 2 aliphatic rings.